The van der Waals surface area contributed by atoms with Crippen molar-refractivity contribution in [2.45, 2.75) is 20.0 Å². The molecular weight excluding hydrogens is 382 g/mol. The van der Waals surface area contributed by atoms with E-state index in [4.69, 9.17) is 18.7 Å². The normalized spacial score (nSPS) is 13.1. The van der Waals surface area contributed by atoms with E-state index in [1.54, 1.807) is 32.2 Å². The Bertz CT molecular complexity index is 997. The zero-order valence-electron chi connectivity index (χ0n) is 15.5. The Labute approximate surface area is 165 Å². The third-order valence-corrected chi connectivity index (χ3v) is 5.35. The van der Waals surface area contributed by atoms with Crippen LogP contribution in [0.25, 0.3) is 11.5 Å². The summed E-state index contributed by atoms with van der Waals surface area (Å²) in [5, 5.41) is 7.45. The molecule has 0 bridgehead atoms. The highest BCUT2D eigenvalue weighted by Crippen LogP contribution is 2.42. The summed E-state index contributed by atoms with van der Waals surface area (Å²) in [4.78, 5) is 17.9. The Kier molecular flexibility index (Phi) is 5.27. The molecule has 0 aliphatic carbocycles. The Morgan fingerprint density at radius 1 is 1.36 bits per heavy atom. The zero-order valence-corrected chi connectivity index (χ0v) is 16.3. The van der Waals surface area contributed by atoms with E-state index in [9.17, 15) is 4.79 Å². The number of anilines is 1. The predicted octanol–water partition coefficient (Wildman–Crippen LogP) is 3.21. The molecule has 0 spiro atoms. The van der Waals surface area contributed by atoms with Gasteiger partial charge in [-0.2, -0.15) is 4.98 Å². The van der Waals surface area contributed by atoms with Gasteiger partial charge in [0.25, 0.3) is 11.8 Å². The van der Waals surface area contributed by atoms with Gasteiger partial charge in [0.15, 0.2) is 12.4 Å². The molecule has 0 atom stereocenters. The number of thiophene rings is 1. The number of ether oxygens (including phenoxy) is 3. The first-order chi connectivity index (χ1) is 13.6. The molecule has 3 heterocycles. The monoisotopic (exact) mass is 401 g/mol. The maximum Gasteiger partial charge on any atom is 0.262 e. The highest BCUT2D eigenvalue weighted by Gasteiger charge is 2.26. The van der Waals surface area contributed by atoms with Crippen LogP contribution in [0, 0.1) is 6.92 Å². The molecule has 8 nitrogen and oxygen atoms in total. The van der Waals surface area contributed by atoms with Crippen molar-refractivity contribution >= 4 is 22.2 Å². The standard InChI is InChI=1S/C19H19N3O5S/c1-11-20-18(27-22-11)17-14-6-7-25-9-15(14)28-19(17)21-16(23)10-26-13-5-3-4-12(8-13)24-2/h3-5,8H,6-7,9-10H2,1-2H3,(H,21,23). The van der Waals surface area contributed by atoms with Crippen LogP contribution in [0.4, 0.5) is 5.00 Å². The van der Waals surface area contributed by atoms with E-state index in [1.807, 2.05) is 6.07 Å². The zero-order chi connectivity index (χ0) is 19.5. The number of nitrogens with one attached hydrogen (secondary N) is 1. The number of amides is 1. The summed E-state index contributed by atoms with van der Waals surface area (Å²) in [7, 11) is 1.58. The second kappa shape index (κ2) is 7.99. The van der Waals surface area contributed by atoms with Crippen molar-refractivity contribution in [3.8, 4) is 23.0 Å². The molecule has 0 radical (unpaired) electrons. The van der Waals surface area contributed by atoms with Crippen molar-refractivity contribution < 1.29 is 23.5 Å². The van der Waals surface area contributed by atoms with E-state index in [0.717, 1.165) is 22.4 Å². The maximum absolute atomic E-state index is 12.5. The van der Waals surface area contributed by atoms with Gasteiger partial charge in [0.05, 0.1) is 25.9 Å². The van der Waals surface area contributed by atoms with Gasteiger partial charge in [-0.15, -0.1) is 11.3 Å². The molecular formula is C19H19N3O5S. The molecule has 4 rings (SSSR count). The molecule has 146 valence electrons. The summed E-state index contributed by atoms with van der Waals surface area (Å²) in [6, 6.07) is 7.10. The summed E-state index contributed by atoms with van der Waals surface area (Å²) in [5.41, 5.74) is 1.86. The third kappa shape index (κ3) is 3.85. The van der Waals surface area contributed by atoms with Crippen LogP contribution in [-0.2, 0) is 22.6 Å². The minimum atomic E-state index is -0.278. The third-order valence-electron chi connectivity index (χ3n) is 4.23. The van der Waals surface area contributed by atoms with Gasteiger partial charge in [-0.1, -0.05) is 11.2 Å². The lowest BCUT2D eigenvalue weighted by Gasteiger charge is -2.12. The van der Waals surface area contributed by atoms with E-state index >= 15 is 0 Å². The highest BCUT2D eigenvalue weighted by molar-refractivity contribution is 7.17. The fraction of sp³-hybridized carbons (Fsp3) is 0.316. The minimum absolute atomic E-state index is 0.130. The summed E-state index contributed by atoms with van der Waals surface area (Å²) in [5.74, 6) is 1.89. The topological polar surface area (TPSA) is 95.7 Å². The molecule has 3 aromatic rings. The Morgan fingerprint density at radius 2 is 2.21 bits per heavy atom. The first-order valence-electron chi connectivity index (χ1n) is 8.73. The van der Waals surface area contributed by atoms with Gasteiger partial charge < -0.3 is 24.1 Å². The molecule has 1 amide bonds. The van der Waals surface area contributed by atoms with E-state index < -0.39 is 0 Å². The van der Waals surface area contributed by atoms with Crippen molar-refractivity contribution in [2.24, 2.45) is 0 Å². The van der Waals surface area contributed by atoms with Crippen LogP contribution in [0.2, 0.25) is 0 Å². The van der Waals surface area contributed by atoms with Gasteiger partial charge >= 0.3 is 0 Å². The van der Waals surface area contributed by atoms with E-state index in [2.05, 4.69) is 15.5 Å². The van der Waals surface area contributed by atoms with Crippen LogP contribution >= 0.6 is 11.3 Å². The SMILES string of the molecule is COc1cccc(OCC(=O)Nc2sc3c(c2-c2nc(C)no2)CCOC3)c1. The smallest absolute Gasteiger partial charge is 0.262 e. The molecule has 1 N–H and O–H groups in total. The minimum Gasteiger partial charge on any atom is -0.497 e. The Morgan fingerprint density at radius 3 is 3.00 bits per heavy atom. The van der Waals surface area contributed by atoms with Crippen molar-refractivity contribution in [2.75, 3.05) is 25.6 Å². The van der Waals surface area contributed by atoms with Crippen molar-refractivity contribution in [3.63, 3.8) is 0 Å². The number of methoxy groups -OCH3 is 1. The quantitative estimate of drug-likeness (QED) is 0.677. The number of hydrogen-bond acceptors (Lipinski definition) is 8. The predicted molar refractivity (Wildman–Crippen MR) is 103 cm³/mol. The number of fused-ring (bicyclic) bond motifs is 1. The summed E-state index contributed by atoms with van der Waals surface area (Å²) < 4.78 is 21.6. The Balaban J connectivity index is 1.52. The molecule has 28 heavy (non-hydrogen) atoms. The second-order valence-electron chi connectivity index (χ2n) is 6.17. The molecule has 1 aliphatic heterocycles. The average molecular weight is 401 g/mol. The fourth-order valence-corrected chi connectivity index (χ4v) is 4.14. The molecule has 0 fully saturated rings. The van der Waals surface area contributed by atoms with Gasteiger partial charge in [-0.3, -0.25) is 4.79 Å². The number of aryl methyl sites for hydroxylation is 1. The molecule has 2 aromatic heterocycles. The van der Waals surface area contributed by atoms with Crippen molar-refractivity contribution in [1.82, 2.24) is 10.1 Å². The van der Waals surface area contributed by atoms with Gasteiger partial charge in [0.2, 0.25) is 0 Å². The first kappa shape index (κ1) is 18.5. The van der Waals surface area contributed by atoms with Crippen LogP contribution in [-0.4, -0.2) is 36.4 Å². The number of rotatable bonds is 6. The van der Waals surface area contributed by atoms with Crippen LogP contribution in [0.15, 0.2) is 28.8 Å². The van der Waals surface area contributed by atoms with E-state index in [0.29, 0.717) is 41.4 Å². The second-order valence-corrected chi connectivity index (χ2v) is 7.28. The number of aromatic nitrogens is 2. The lowest BCUT2D eigenvalue weighted by Crippen LogP contribution is -2.20. The van der Waals surface area contributed by atoms with E-state index in [1.165, 1.54) is 11.3 Å². The molecule has 0 unspecified atom stereocenters. The molecule has 1 aromatic carbocycles. The summed E-state index contributed by atoms with van der Waals surface area (Å²) >= 11 is 1.46. The van der Waals surface area contributed by atoms with Crippen molar-refractivity contribution in [3.05, 3.63) is 40.5 Å². The number of hydrogen-bond donors (Lipinski definition) is 1. The molecule has 1 aliphatic rings. The Hall–Kier alpha value is -2.91. The van der Waals surface area contributed by atoms with Crippen LogP contribution < -0.4 is 14.8 Å². The fourth-order valence-electron chi connectivity index (χ4n) is 2.95. The van der Waals surface area contributed by atoms with Gasteiger partial charge in [-0.25, -0.2) is 0 Å². The van der Waals surface area contributed by atoms with Crippen molar-refractivity contribution in [1.29, 1.82) is 0 Å². The number of carbonyl (C=O) groups excluding carboxylic acids is 1. The number of carbonyl (C=O) groups is 1. The average Bonchev–Trinajstić information content (AvgIpc) is 3.29. The maximum atomic E-state index is 12.5. The van der Waals surface area contributed by atoms with Gasteiger partial charge in [0.1, 0.15) is 16.5 Å². The van der Waals surface area contributed by atoms with E-state index in [-0.39, 0.29) is 12.5 Å². The first-order valence-corrected chi connectivity index (χ1v) is 9.55. The van der Waals surface area contributed by atoms with Crippen LogP contribution in [0.3, 0.4) is 0 Å². The lowest BCUT2D eigenvalue weighted by molar-refractivity contribution is -0.118. The largest absolute Gasteiger partial charge is 0.497 e. The van der Waals surface area contributed by atoms with Gasteiger partial charge in [-0.05, 0) is 31.0 Å². The van der Waals surface area contributed by atoms with Gasteiger partial charge in [0, 0.05) is 10.9 Å². The molecule has 9 heteroatoms. The summed E-state index contributed by atoms with van der Waals surface area (Å²) in [6.07, 6.45) is 0.735. The lowest BCUT2D eigenvalue weighted by atomic mass is 10.1. The van der Waals surface area contributed by atoms with Crippen LogP contribution in [0.1, 0.15) is 16.3 Å². The highest BCUT2D eigenvalue weighted by atomic mass is 32.1. The summed E-state index contributed by atoms with van der Waals surface area (Å²) in [6.45, 7) is 2.76. The van der Waals surface area contributed by atoms with Crippen LogP contribution in [0.5, 0.6) is 11.5 Å². The molecule has 0 saturated carbocycles. The number of nitrogens with zero attached hydrogens (tertiary/aromatic N) is 2. The number of benzene rings is 1. The molecule has 0 saturated heterocycles.